The molecule has 2 heterocycles. The van der Waals surface area contributed by atoms with Crippen LogP contribution < -0.4 is 5.32 Å². The zero-order chi connectivity index (χ0) is 13.9. The molecule has 0 spiro atoms. The summed E-state index contributed by atoms with van der Waals surface area (Å²) in [6, 6.07) is 8.25. The highest BCUT2D eigenvalue weighted by atomic mass is 79.9. The van der Waals surface area contributed by atoms with Crippen LogP contribution in [0.5, 0.6) is 0 Å². The van der Waals surface area contributed by atoms with E-state index < -0.39 is 0 Å². The van der Waals surface area contributed by atoms with Gasteiger partial charge in [-0.1, -0.05) is 22.4 Å². The van der Waals surface area contributed by atoms with Crippen molar-refractivity contribution in [1.82, 2.24) is 14.9 Å². The van der Waals surface area contributed by atoms with E-state index in [1.165, 1.54) is 12.8 Å². The molecular weight excluding hydrogens is 316 g/mol. The van der Waals surface area contributed by atoms with Crippen molar-refractivity contribution < 1.29 is 0 Å². The van der Waals surface area contributed by atoms with Crippen LogP contribution in [-0.2, 0) is 0 Å². The van der Waals surface area contributed by atoms with Gasteiger partial charge in [0.2, 0.25) is 0 Å². The molecular formula is C15H15BrN4. The van der Waals surface area contributed by atoms with E-state index in [4.69, 9.17) is 0 Å². The first-order valence-electron chi connectivity index (χ1n) is 6.75. The molecule has 1 atom stereocenters. The van der Waals surface area contributed by atoms with Gasteiger partial charge in [0.1, 0.15) is 6.07 Å². The summed E-state index contributed by atoms with van der Waals surface area (Å²) in [5.41, 5.74) is 2.66. The Morgan fingerprint density at radius 3 is 3.05 bits per heavy atom. The van der Waals surface area contributed by atoms with Crippen LogP contribution in [0.4, 0.5) is 0 Å². The molecule has 1 saturated heterocycles. The number of aromatic nitrogens is 2. The highest BCUT2D eigenvalue weighted by molar-refractivity contribution is 9.10. The van der Waals surface area contributed by atoms with Gasteiger partial charge >= 0.3 is 0 Å². The van der Waals surface area contributed by atoms with Crippen LogP contribution in [0.1, 0.15) is 36.6 Å². The predicted molar refractivity (Wildman–Crippen MR) is 80.6 cm³/mol. The van der Waals surface area contributed by atoms with Crippen molar-refractivity contribution in [1.29, 1.82) is 5.26 Å². The largest absolute Gasteiger partial charge is 0.309 e. The average Bonchev–Trinajstić information content (AvgIpc) is 2.97. The van der Waals surface area contributed by atoms with Crippen LogP contribution in [0.15, 0.2) is 35.2 Å². The molecule has 5 heteroatoms. The zero-order valence-electron chi connectivity index (χ0n) is 11.0. The number of hydrogen-bond donors (Lipinski definition) is 1. The highest BCUT2D eigenvalue weighted by Crippen LogP contribution is 2.27. The second-order valence-electron chi connectivity index (χ2n) is 4.96. The molecule has 4 nitrogen and oxygen atoms in total. The zero-order valence-corrected chi connectivity index (χ0v) is 12.6. The summed E-state index contributed by atoms with van der Waals surface area (Å²) < 4.78 is 2.98. The van der Waals surface area contributed by atoms with Gasteiger partial charge in [-0.25, -0.2) is 4.98 Å². The number of piperidine rings is 1. The Balaban J connectivity index is 2.05. The summed E-state index contributed by atoms with van der Waals surface area (Å²) in [6.07, 6.45) is 7.25. The number of hydrogen-bond acceptors (Lipinski definition) is 3. The van der Waals surface area contributed by atoms with E-state index in [0.717, 1.165) is 28.8 Å². The second-order valence-corrected chi connectivity index (χ2v) is 5.88. The summed E-state index contributed by atoms with van der Waals surface area (Å²) in [7, 11) is 0. The first-order valence-corrected chi connectivity index (χ1v) is 7.54. The quantitative estimate of drug-likeness (QED) is 0.918. The SMILES string of the molecule is N#Cc1ccc(Br)cc1-n1cncc1C1CCCCN1. The molecule has 1 aromatic heterocycles. The number of nitrogens with zero attached hydrogens (tertiary/aromatic N) is 3. The molecule has 0 radical (unpaired) electrons. The fourth-order valence-corrected chi connectivity index (χ4v) is 3.02. The summed E-state index contributed by atoms with van der Waals surface area (Å²) in [4.78, 5) is 4.28. The molecule has 0 aliphatic carbocycles. The fourth-order valence-electron chi connectivity index (χ4n) is 2.67. The van der Waals surface area contributed by atoms with Gasteiger partial charge in [-0.2, -0.15) is 5.26 Å². The molecule has 1 aliphatic rings. The van der Waals surface area contributed by atoms with E-state index >= 15 is 0 Å². The number of imidazole rings is 1. The van der Waals surface area contributed by atoms with E-state index in [1.54, 1.807) is 6.33 Å². The Hall–Kier alpha value is -1.64. The van der Waals surface area contributed by atoms with Crippen LogP contribution in [-0.4, -0.2) is 16.1 Å². The van der Waals surface area contributed by atoms with Crippen molar-refractivity contribution in [3.05, 3.63) is 46.5 Å². The van der Waals surface area contributed by atoms with Crippen LogP contribution in [0, 0.1) is 11.3 Å². The Bertz CT molecular complexity index is 650. The van der Waals surface area contributed by atoms with E-state index in [2.05, 4.69) is 32.3 Å². The Morgan fingerprint density at radius 1 is 1.40 bits per heavy atom. The maximum Gasteiger partial charge on any atom is 0.101 e. The monoisotopic (exact) mass is 330 g/mol. The Kier molecular flexibility index (Phi) is 3.86. The summed E-state index contributed by atoms with van der Waals surface area (Å²) in [6.45, 7) is 1.04. The average molecular weight is 331 g/mol. The molecule has 3 rings (SSSR count). The maximum atomic E-state index is 9.29. The highest BCUT2D eigenvalue weighted by Gasteiger charge is 2.20. The maximum absolute atomic E-state index is 9.29. The third-order valence-corrected chi connectivity index (χ3v) is 4.17. The van der Waals surface area contributed by atoms with Gasteiger partial charge in [-0.15, -0.1) is 0 Å². The van der Waals surface area contributed by atoms with Crippen molar-refractivity contribution in [2.24, 2.45) is 0 Å². The van der Waals surface area contributed by atoms with Gasteiger partial charge in [0.05, 0.1) is 29.5 Å². The minimum atomic E-state index is 0.316. The van der Waals surface area contributed by atoms with E-state index in [0.29, 0.717) is 11.6 Å². The first-order chi connectivity index (χ1) is 9.79. The van der Waals surface area contributed by atoms with Crippen molar-refractivity contribution in [2.45, 2.75) is 25.3 Å². The number of benzene rings is 1. The standard InChI is InChI=1S/C15H15BrN4/c16-12-5-4-11(8-17)14(7-12)20-10-18-9-15(20)13-3-1-2-6-19-13/h4-5,7,9-10,13,19H,1-3,6H2. The van der Waals surface area contributed by atoms with Gasteiger partial charge in [0.15, 0.2) is 0 Å². The molecule has 1 N–H and O–H groups in total. The van der Waals surface area contributed by atoms with E-state index in [9.17, 15) is 5.26 Å². The number of halogens is 1. The first kappa shape index (κ1) is 13.3. The van der Waals surface area contributed by atoms with Gasteiger partial charge in [0.25, 0.3) is 0 Å². The molecule has 1 unspecified atom stereocenters. The minimum absolute atomic E-state index is 0.316. The minimum Gasteiger partial charge on any atom is -0.309 e. The van der Waals surface area contributed by atoms with E-state index in [-0.39, 0.29) is 0 Å². The van der Waals surface area contributed by atoms with Gasteiger partial charge in [-0.05, 0) is 37.6 Å². The third-order valence-electron chi connectivity index (χ3n) is 3.67. The lowest BCUT2D eigenvalue weighted by molar-refractivity contribution is 0.402. The van der Waals surface area contributed by atoms with Crippen LogP contribution in [0.2, 0.25) is 0 Å². The van der Waals surface area contributed by atoms with Gasteiger partial charge < -0.3 is 9.88 Å². The smallest absolute Gasteiger partial charge is 0.101 e. The lowest BCUT2D eigenvalue weighted by Crippen LogP contribution is -2.28. The van der Waals surface area contributed by atoms with Crippen LogP contribution >= 0.6 is 15.9 Å². The van der Waals surface area contributed by atoms with Gasteiger partial charge in [-0.3, -0.25) is 0 Å². The molecule has 102 valence electrons. The van der Waals surface area contributed by atoms with Crippen LogP contribution in [0.3, 0.4) is 0 Å². The molecule has 1 fully saturated rings. The molecule has 0 bridgehead atoms. The summed E-state index contributed by atoms with van der Waals surface area (Å²) >= 11 is 3.47. The molecule has 0 amide bonds. The van der Waals surface area contributed by atoms with Gasteiger partial charge in [0, 0.05) is 10.5 Å². The molecule has 2 aromatic rings. The molecule has 1 aromatic carbocycles. The normalized spacial score (nSPS) is 18.7. The number of nitrogens with one attached hydrogen (secondary N) is 1. The molecule has 20 heavy (non-hydrogen) atoms. The summed E-state index contributed by atoms with van der Waals surface area (Å²) in [5.74, 6) is 0. The van der Waals surface area contributed by atoms with Crippen molar-refractivity contribution in [3.63, 3.8) is 0 Å². The van der Waals surface area contributed by atoms with Crippen molar-refractivity contribution >= 4 is 15.9 Å². The van der Waals surface area contributed by atoms with Crippen LogP contribution in [0.25, 0.3) is 5.69 Å². The Morgan fingerprint density at radius 2 is 2.30 bits per heavy atom. The summed E-state index contributed by atoms with van der Waals surface area (Å²) in [5, 5.41) is 12.8. The molecule has 0 saturated carbocycles. The Labute approximate surface area is 126 Å². The number of nitriles is 1. The fraction of sp³-hybridized carbons (Fsp3) is 0.333. The lowest BCUT2D eigenvalue weighted by atomic mass is 10.0. The molecule has 1 aliphatic heterocycles. The van der Waals surface area contributed by atoms with E-state index in [1.807, 2.05) is 29.0 Å². The predicted octanol–water partition coefficient (Wildman–Crippen LogP) is 3.32. The van der Waals surface area contributed by atoms with Crippen molar-refractivity contribution in [2.75, 3.05) is 6.54 Å². The second kappa shape index (κ2) is 5.78. The van der Waals surface area contributed by atoms with Crippen molar-refractivity contribution in [3.8, 4) is 11.8 Å². The topological polar surface area (TPSA) is 53.6 Å². The third kappa shape index (κ3) is 2.49. The number of rotatable bonds is 2. The lowest BCUT2D eigenvalue weighted by Gasteiger charge is -2.24.